The van der Waals surface area contributed by atoms with Gasteiger partial charge < -0.3 is 9.47 Å². The standard InChI is InChI=1S/C19H26BrNO3/c1-2-23-19(22)15-21-11-8-17(9-12-21)14-16-4-6-18(7-5-16)24-13-3-10-20/h3-7,10,17H,2,8-9,11-15H2,1H3/b10-3+. The Morgan fingerprint density at radius 3 is 2.62 bits per heavy atom. The molecule has 2 rings (SSSR count). The number of hydrogen-bond acceptors (Lipinski definition) is 4. The number of carbonyl (C=O) groups is 1. The molecule has 1 aromatic rings. The van der Waals surface area contributed by atoms with Crippen LogP contribution in [0, 0.1) is 5.92 Å². The molecule has 0 aliphatic carbocycles. The third kappa shape index (κ3) is 6.65. The van der Waals surface area contributed by atoms with Gasteiger partial charge in [-0.2, -0.15) is 0 Å². The summed E-state index contributed by atoms with van der Waals surface area (Å²) in [5.41, 5.74) is 1.35. The van der Waals surface area contributed by atoms with E-state index in [1.807, 2.05) is 25.1 Å². The van der Waals surface area contributed by atoms with E-state index in [4.69, 9.17) is 9.47 Å². The van der Waals surface area contributed by atoms with Gasteiger partial charge in [0.25, 0.3) is 0 Å². The van der Waals surface area contributed by atoms with Gasteiger partial charge in [-0.15, -0.1) is 0 Å². The first-order valence-corrected chi connectivity index (χ1v) is 9.47. The number of carbonyl (C=O) groups excluding carboxylic acids is 1. The lowest BCUT2D eigenvalue weighted by atomic mass is 9.90. The quantitative estimate of drug-likeness (QED) is 0.627. The van der Waals surface area contributed by atoms with Crippen LogP contribution in [-0.2, 0) is 16.0 Å². The van der Waals surface area contributed by atoms with Crippen LogP contribution in [-0.4, -0.2) is 43.7 Å². The number of esters is 1. The van der Waals surface area contributed by atoms with Crippen molar-refractivity contribution in [1.82, 2.24) is 4.90 Å². The monoisotopic (exact) mass is 395 g/mol. The van der Waals surface area contributed by atoms with Crippen molar-refractivity contribution < 1.29 is 14.3 Å². The fraction of sp³-hybridized carbons (Fsp3) is 0.526. The summed E-state index contributed by atoms with van der Waals surface area (Å²) in [6, 6.07) is 8.37. The first kappa shape index (κ1) is 19.0. The van der Waals surface area contributed by atoms with Gasteiger partial charge in [-0.05, 0) is 74.0 Å². The summed E-state index contributed by atoms with van der Waals surface area (Å²) in [4.78, 5) is 15.5. The van der Waals surface area contributed by atoms with Crippen LogP contribution in [0.1, 0.15) is 25.3 Å². The second kappa shape index (κ2) is 10.5. The first-order valence-electron chi connectivity index (χ1n) is 8.56. The van der Waals surface area contributed by atoms with Gasteiger partial charge in [0.15, 0.2) is 0 Å². The van der Waals surface area contributed by atoms with Gasteiger partial charge in [-0.1, -0.05) is 28.1 Å². The predicted molar refractivity (Wildman–Crippen MR) is 99.5 cm³/mol. The summed E-state index contributed by atoms with van der Waals surface area (Å²) >= 11 is 3.23. The number of ether oxygens (including phenoxy) is 2. The van der Waals surface area contributed by atoms with Crippen molar-refractivity contribution in [3.8, 4) is 5.75 Å². The Kier molecular flexibility index (Phi) is 8.33. The zero-order chi connectivity index (χ0) is 17.2. The summed E-state index contributed by atoms with van der Waals surface area (Å²) in [6.07, 6.45) is 5.27. The smallest absolute Gasteiger partial charge is 0.320 e. The second-order valence-electron chi connectivity index (χ2n) is 6.05. The lowest BCUT2D eigenvalue weighted by molar-refractivity contribution is -0.144. The van der Waals surface area contributed by atoms with E-state index in [2.05, 4.69) is 33.0 Å². The van der Waals surface area contributed by atoms with E-state index in [-0.39, 0.29) is 5.97 Å². The molecule has 4 nitrogen and oxygen atoms in total. The number of rotatable bonds is 8. The summed E-state index contributed by atoms with van der Waals surface area (Å²) < 4.78 is 10.6. The van der Waals surface area contributed by atoms with Gasteiger partial charge >= 0.3 is 5.97 Å². The van der Waals surface area contributed by atoms with E-state index in [1.54, 1.807) is 4.99 Å². The molecule has 0 aromatic heterocycles. The van der Waals surface area contributed by atoms with Crippen LogP contribution in [0.2, 0.25) is 0 Å². The first-order chi connectivity index (χ1) is 11.7. The zero-order valence-corrected chi connectivity index (χ0v) is 15.8. The highest BCUT2D eigenvalue weighted by atomic mass is 79.9. The molecular formula is C19H26BrNO3. The van der Waals surface area contributed by atoms with Crippen LogP contribution < -0.4 is 4.74 Å². The van der Waals surface area contributed by atoms with Crippen molar-refractivity contribution >= 4 is 21.9 Å². The van der Waals surface area contributed by atoms with Crippen molar-refractivity contribution in [3.63, 3.8) is 0 Å². The summed E-state index contributed by atoms with van der Waals surface area (Å²) in [5.74, 6) is 1.47. The van der Waals surface area contributed by atoms with Gasteiger partial charge in [0.05, 0.1) is 13.2 Å². The number of hydrogen-bond donors (Lipinski definition) is 0. The third-order valence-corrected chi connectivity index (χ3v) is 4.62. The number of piperidine rings is 1. The summed E-state index contributed by atoms with van der Waals surface area (Å²) in [5, 5.41) is 0. The van der Waals surface area contributed by atoms with Crippen LogP contribution in [0.15, 0.2) is 35.3 Å². The molecule has 0 saturated carbocycles. The lowest BCUT2D eigenvalue weighted by Crippen LogP contribution is -2.38. The van der Waals surface area contributed by atoms with Gasteiger partial charge in [-0.25, -0.2) is 0 Å². The molecule has 1 saturated heterocycles. The van der Waals surface area contributed by atoms with Crippen molar-refractivity contribution in [2.75, 3.05) is 32.8 Å². The highest BCUT2D eigenvalue weighted by Gasteiger charge is 2.21. The average molecular weight is 396 g/mol. The SMILES string of the molecule is CCOC(=O)CN1CCC(Cc2ccc(OC/C=C/Br)cc2)CC1. The van der Waals surface area contributed by atoms with Gasteiger partial charge in [0, 0.05) is 0 Å². The van der Waals surface area contributed by atoms with E-state index < -0.39 is 0 Å². The minimum Gasteiger partial charge on any atom is -0.490 e. The number of nitrogens with zero attached hydrogens (tertiary/aromatic N) is 1. The molecule has 1 aliphatic heterocycles. The maximum atomic E-state index is 11.5. The van der Waals surface area contributed by atoms with Crippen LogP contribution in [0.25, 0.3) is 0 Å². The molecule has 1 aromatic carbocycles. The third-order valence-electron chi connectivity index (χ3n) is 4.25. The topological polar surface area (TPSA) is 38.8 Å². The maximum Gasteiger partial charge on any atom is 0.320 e. The Labute approximate surface area is 152 Å². The number of likely N-dealkylation sites (tertiary alicyclic amines) is 1. The number of halogens is 1. The molecule has 132 valence electrons. The fourth-order valence-corrected chi connectivity index (χ4v) is 3.13. The Morgan fingerprint density at radius 2 is 2.00 bits per heavy atom. The van der Waals surface area contributed by atoms with Gasteiger partial charge in [-0.3, -0.25) is 9.69 Å². The normalized spacial score (nSPS) is 16.4. The summed E-state index contributed by atoms with van der Waals surface area (Å²) in [6.45, 7) is 5.26. The van der Waals surface area contributed by atoms with Crippen LogP contribution >= 0.6 is 15.9 Å². The second-order valence-corrected chi connectivity index (χ2v) is 6.57. The van der Waals surface area contributed by atoms with E-state index in [0.29, 0.717) is 25.7 Å². The van der Waals surface area contributed by atoms with E-state index in [9.17, 15) is 4.79 Å². The Bertz CT molecular complexity index is 522. The minimum absolute atomic E-state index is 0.110. The van der Waals surface area contributed by atoms with E-state index in [1.165, 1.54) is 5.56 Å². The van der Waals surface area contributed by atoms with Crippen LogP contribution in [0.3, 0.4) is 0 Å². The zero-order valence-electron chi connectivity index (χ0n) is 14.2. The van der Waals surface area contributed by atoms with E-state index in [0.717, 1.165) is 38.1 Å². The molecular weight excluding hydrogens is 370 g/mol. The lowest BCUT2D eigenvalue weighted by Gasteiger charge is -2.31. The van der Waals surface area contributed by atoms with Crippen molar-refractivity contribution in [3.05, 3.63) is 40.9 Å². The molecule has 0 unspecified atom stereocenters. The molecule has 0 bridgehead atoms. The van der Waals surface area contributed by atoms with Gasteiger partial charge in [0.1, 0.15) is 12.4 Å². The van der Waals surface area contributed by atoms with Crippen molar-refractivity contribution in [1.29, 1.82) is 0 Å². The number of benzene rings is 1. The molecule has 0 atom stereocenters. The van der Waals surface area contributed by atoms with Crippen molar-refractivity contribution in [2.45, 2.75) is 26.2 Å². The molecule has 5 heteroatoms. The molecule has 1 heterocycles. The fourth-order valence-electron chi connectivity index (χ4n) is 2.97. The molecule has 0 amide bonds. The minimum atomic E-state index is -0.110. The molecule has 24 heavy (non-hydrogen) atoms. The summed E-state index contributed by atoms with van der Waals surface area (Å²) in [7, 11) is 0. The highest BCUT2D eigenvalue weighted by molar-refractivity contribution is 9.11. The Balaban J connectivity index is 1.72. The average Bonchev–Trinajstić information content (AvgIpc) is 2.59. The molecule has 1 aliphatic rings. The van der Waals surface area contributed by atoms with Crippen molar-refractivity contribution in [2.24, 2.45) is 5.92 Å². The molecule has 0 N–H and O–H groups in total. The maximum absolute atomic E-state index is 11.5. The predicted octanol–water partition coefficient (Wildman–Crippen LogP) is 3.79. The Morgan fingerprint density at radius 1 is 1.29 bits per heavy atom. The van der Waals surface area contributed by atoms with E-state index >= 15 is 0 Å². The molecule has 0 spiro atoms. The van der Waals surface area contributed by atoms with Crippen LogP contribution in [0.4, 0.5) is 0 Å². The molecule has 1 fully saturated rings. The highest BCUT2D eigenvalue weighted by Crippen LogP contribution is 2.23. The van der Waals surface area contributed by atoms with Crippen LogP contribution in [0.5, 0.6) is 5.75 Å². The largest absolute Gasteiger partial charge is 0.490 e. The Hall–Kier alpha value is -1.33. The molecule has 0 radical (unpaired) electrons. The van der Waals surface area contributed by atoms with Gasteiger partial charge in [0.2, 0.25) is 0 Å².